The van der Waals surface area contributed by atoms with Crippen molar-refractivity contribution in [2.24, 2.45) is 0 Å². The maximum atomic E-state index is 14.4. The van der Waals surface area contributed by atoms with Gasteiger partial charge in [0.1, 0.15) is 11.5 Å². The Bertz CT molecular complexity index is 509. The van der Waals surface area contributed by atoms with Crippen LogP contribution >= 0.6 is 0 Å². The first kappa shape index (κ1) is 13.8. The van der Waals surface area contributed by atoms with Crippen LogP contribution in [0.3, 0.4) is 0 Å². The van der Waals surface area contributed by atoms with Crippen LogP contribution in [0.1, 0.15) is 38.2 Å². The highest BCUT2D eigenvalue weighted by Gasteiger charge is 2.41. The van der Waals surface area contributed by atoms with Crippen molar-refractivity contribution in [2.45, 2.75) is 51.1 Å². The second-order valence-electron chi connectivity index (χ2n) is 6.37. The van der Waals surface area contributed by atoms with E-state index in [2.05, 4.69) is 5.32 Å². The lowest BCUT2D eigenvalue weighted by Gasteiger charge is -2.46. The summed E-state index contributed by atoms with van der Waals surface area (Å²) in [7, 11) is 0. The molecule has 1 aromatic rings. The Kier molecular flexibility index (Phi) is 3.44. The Balaban J connectivity index is 1.97. The lowest BCUT2D eigenvalue weighted by Crippen LogP contribution is -2.63. The molecule has 0 amide bonds. The molecule has 0 radical (unpaired) electrons. The topological polar surface area (TPSA) is 15.3 Å². The van der Waals surface area contributed by atoms with Gasteiger partial charge in [0.05, 0.1) is 0 Å². The van der Waals surface area contributed by atoms with E-state index in [1.807, 2.05) is 11.8 Å². The third kappa shape index (κ3) is 2.20. The molecule has 1 N–H and O–H groups in total. The zero-order valence-corrected chi connectivity index (χ0v) is 12.2. The molecule has 1 unspecified atom stereocenters. The van der Waals surface area contributed by atoms with Crippen LogP contribution in [-0.2, 0) is 0 Å². The average molecular weight is 280 g/mol. The fourth-order valence-electron chi connectivity index (χ4n) is 3.60. The van der Waals surface area contributed by atoms with Crippen LogP contribution in [0, 0.1) is 18.6 Å². The summed E-state index contributed by atoms with van der Waals surface area (Å²) in [5.74, 6) is -0.859. The molecule has 1 aliphatic heterocycles. The van der Waals surface area contributed by atoms with Crippen molar-refractivity contribution < 1.29 is 8.78 Å². The first-order valence-electron chi connectivity index (χ1n) is 7.49. The van der Waals surface area contributed by atoms with Crippen LogP contribution in [0.4, 0.5) is 14.5 Å². The van der Waals surface area contributed by atoms with Gasteiger partial charge in [-0.2, -0.15) is 0 Å². The highest BCUT2D eigenvalue weighted by molar-refractivity contribution is 5.53. The van der Waals surface area contributed by atoms with Crippen LogP contribution in [0.25, 0.3) is 0 Å². The van der Waals surface area contributed by atoms with E-state index in [0.29, 0.717) is 12.1 Å². The van der Waals surface area contributed by atoms with E-state index in [-0.39, 0.29) is 17.3 Å². The molecule has 1 saturated carbocycles. The predicted octanol–water partition coefficient (Wildman–Crippen LogP) is 3.38. The third-order valence-electron chi connectivity index (χ3n) is 4.89. The zero-order chi connectivity index (χ0) is 14.3. The molecule has 0 bridgehead atoms. The van der Waals surface area contributed by atoms with E-state index in [1.54, 1.807) is 6.92 Å². The van der Waals surface area contributed by atoms with Crippen molar-refractivity contribution >= 4 is 5.69 Å². The number of benzene rings is 1. The fraction of sp³-hybridized carbons (Fsp3) is 0.625. The van der Waals surface area contributed by atoms with Crippen LogP contribution in [0.2, 0.25) is 0 Å². The molecule has 1 aromatic carbocycles. The summed E-state index contributed by atoms with van der Waals surface area (Å²) >= 11 is 0. The van der Waals surface area contributed by atoms with Gasteiger partial charge in [0.25, 0.3) is 0 Å². The number of nitrogens with one attached hydrogen (secondary N) is 1. The average Bonchev–Trinajstić information content (AvgIpc) is 2.87. The Morgan fingerprint density at radius 3 is 2.65 bits per heavy atom. The number of hydrogen-bond acceptors (Lipinski definition) is 2. The smallest absolute Gasteiger partial charge is 0.152 e. The maximum Gasteiger partial charge on any atom is 0.152 e. The number of rotatable bonds is 1. The molecular formula is C16H22F2N2. The molecule has 2 aliphatic rings. The fourth-order valence-corrected chi connectivity index (χ4v) is 3.60. The van der Waals surface area contributed by atoms with Crippen LogP contribution in [0.5, 0.6) is 0 Å². The van der Waals surface area contributed by atoms with E-state index < -0.39 is 11.6 Å². The molecule has 2 fully saturated rings. The summed E-state index contributed by atoms with van der Waals surface area (Å²) in [4.78, 5) is 1.93. The number of anilines is 1. The van der Waals surface area contributed by atoms with Gasteiger partial charge in [-0.1, -0.05) is 18.9 Å². The summed E-state index contributed by atoms with van der Waals surface area (Å²) in [5.41, 5.74) is 0.715. The van der Waals surface area contributed by atoms with E-state index >= 15 is 0 Å². The summed E-state index contributed by atoms with van der Waals surface area (Å²) in [6.07, 6.45) is 4.61. The van der Waals surface area contributed by atoms with Gasteiger partial charge in [-0.15, -0.1) is 0 Å². The lowest BCUT2D eigenvalue weighted by atomic mass is 9.92. The molecule has 1 heterocycles. The van der Waals surface area contributed by atoms with E-state index in [0.717, 1.165) is 19.4 Å². The van der Waals surface area contributed by atoms with Gasteiger partial charge in [-0.25, -0.2) is 8.78 Å². The van der Waals surface area contributed by atoms with Gasteiger partial charge in [0, 0.05) is 24.7 Å². The van der Waals surface area contributed by atoms with Crippen molar-refractivity contribution in [3.8, 4) is 0 Å². The van der Waals surface area contributed by atoms with E-state index in [9.17, 15) is 8.78 Å². The molecule has 3 rings (SSSR count). The highest BCUT2D eigenvalue weighted by atomic mass is 19.1. The van der Waals surface area contributed by atoms with Crippen molar-refractivity contribution in [3.05, 3.63) is 29.3 Å². The molecule has 20 heavy (non-hydrogen) atoms. The normalized spacial score (nSPS) is 25.4. The monoisotopic (exact) mass is 280 g/mol. The Morgan fingerprint density at radius 1 is 1.25 bits per heavy atom. The van der Waals surface area contributed by atoms with Gasteiger partial charge in [0.2, 0.25) is 0 Å². The number of hydrogen-bond donors (Lipinski definition) is 1. The van der Waals surface area contributed by atoms with E-state index in [1.165, 1.54) is 25.0 Å². The summed E-state index contributed by atoms with van der Waals surface area (Å²) in [5, 5.41) is 3.61. The second kappa shape index (κ2) is 4.99. The van der Waals surface area contributed by atoms with E-state index in [4.69, 9.17) is 0 Å². The minimum absolute atomic E-state index is 0.0507. The largest absolute Gasteiger partial charge is 0.361 e. The quantitative estimate of drug-likeness (QED) is 0.848. The zero-order valence-electron chi connectivity index (χ0n) is 12.2. The third-order valence-corrected chi connectivity index (χ3v) is 4.89. The van der Waals surface area contributed by atoms with Crippen LogP contribution in [0.15, 0.2) is 12.1 Å². The first-order chi connectivity index (χ1) is 9.52. The molecule has 1 atom stereocenters. The lowest BCUT2D eigenvalue weighted by molar-refractivity contribution is 0.273. The second-order valence-corrected chi connectivity index (χ2v) is 6.37. The van der Waals surface area contributed by atoms with Crippen molar-refractivity contribution in [3.63, 3.8) is 0 Å². The standard InChI is InChI=1S/C16H22F2N2/c1-11-5-6-13(17)15(14(11)18)20-10-16(7-3-4-8-16)19-9-12(20)2/h5-6,12,19H,3-4,7-10H2,1-2H3. The molecule has 0 aromatic heterocycles. The van der Waals surface area contributed by atoms with Gasteiger partial charge in [0.15, 0.2) is 5.82 Å². The van der Waals surface area contributed by atoms with Crippen molar-refractivity contribution in [2.75, 3.05) is 18.0 Å². The summed E-state index contributed by atoms with van der Waals surface area (Å²) < 4.78 is 28.6. The van der Waals surface area contributed by atoms with Crippen molar-refractivity contribution in [1.82, 2.24) is 5.32 Å². The van der Waals surface area contributed by atoms with Gasteiger partial charge >= 0.3 is 0 Å². The Hall–Kier alpha value is -1.16. The molecule has 1 aliphatic carbocycles. The molecule has 1 spiro atoms. The van der Waals surface area contributed by atoms with Gasteiger partial charge in [-0.3, -0.25) is 0 Å². The van der Waals surface area contributed by atoms with Gasteiger partial charge < -0.3 is 10.2 Å². The first-order valence-corrected chi connectivity index (χ1v) is 7.49. The Morgan fingerprint density at radius 2 is 1.95 bits per heavy atom. The molecule has 4 heteroatoms. The maximum absolute atomic E-state index is 14.4. The van der Waals surface area contributed by atoms with Crippen molar-refractivity contribution in [1.29, 1.82) is 0 Å². The number of halogens is 2. The molecular weight excluding hydrogens is 258 g/mol. The SMILES string of the molecule is Cc1ccc(F)c(N2CC3(CCCC3)NCC2C)c1F. The number of nitrogens with zero attached hydrogens (tertiary/aromatic N) is 1. The minimum atomic E-state index is -0.449. The summed E-state index contributed by atoms with van der Waals surface area (Å²) in [6.45, 7) is 5.20. The highest BCUT2D eigenvalue weighted by Crippen LogP contribution is 2.37. The number of piperazine rings is 1. The Labute approximate surface area is 119 Å². The molecule has 110 valence electrons. The van der Waals surface area contributed by atoms with Gasteiger partial charge in [-0.05, 0) is 38.3 Å². The minimum Gasteiger partial charge on any atom is -0.361 e. The molecule has 1 saturated heterocycles. The predicted molar refractivity (Wildman–Crippen MR) is 77.1 cm³/mol. The molecule has 2 nitrogen and oxygen atoms in total. The van der Waals surface area contributed by atoms with Crippen LogP contribution < -0.4 is 10.2 Å². The number of aryl methyl sites for hydroxylation is 1. The summed E-state index contributed by atoms with van der Waals surface area (Å²) in [6, 6.07) is 2.99. The van der Waals surface area contributed by atoms with Crippen LogP contribution in [-0.4, -0.2) is 24.7 Å².